The third kappa shape index (κ3) is 3.37. The van der Waals surface area contributed by atoms with Crippen LogP contribution in [0.5, 0.6) is 0 Å². The van der Waals surface area contributed by atoms with Crippen LogP contribution in [0.3, 0.4) is 0 Å². The molecule has 0 bridgehead atoms. The molecule has 124 valence electrons. The maximum absolute atomic E-state index is 13.1. The number of ether oxygens (including phenoxy) is 1. The Morgan fingerprint density at radius 1 is 1.35 bits per heavy atom. The minimum Gasteiger partial charge on any atom is -0.371 e. The molecule has 1 saturated heterocycles. The second-order valence-electron chi connectivity index (χ2n) is 5.52. The zero-order valence-electron chi connectivity index (χ0n) is 12.3. The standard InChI is InChI=1S/C15H15F3IN3O/c1-9-7-22(8-10(5-19)23-9)12-6-21-14(15(16,17)18)13-11(12)3-2-4-20-13/h2-4,6,9-10H,5,7-8H2,1H3/t9?,10-/m0/s1. The summed E-state index contributed by atoms with van der Waals surface area (Å²) in [6.45, 7) is 3.21. The molecule has 0 saturated carbocycles. The van der Waals surface area contributed by atoms with Crippen LogP contribution >= 0.6 is 22.6 Å². The van der Waals surface area contributed by atoms with Crippen LogP contribution in [-0.4, -0.2) is 39.7 Å². The Morgan fingerprint density at radius 3 is 2.83 bits per heavy atom. The molecule has 0 N–H and O–H groups in total. The van der Waals surface area contributed by atoms with Crippen molar-refractivity contribution in [2.75, 3.05) is 22.4 Å². The Bertz CT molecular complexity index is 710. The number of halogens is 4. The Morgan fingerprint density at radius 2 is 2.13 bits per heavy atom. The molecular formula is C15H15F3IN3O. The van der Waals surface area contributed by atoms with Crippen molar-refractivity contribution in [3.8, 4) is 0 Å². The summed E-state index contributed by atoms with van der Waals surface area (Å²) < 4.78 is 46.0. The van der Waals surface area contributed by atoms with E-state index in [9.17, 15) is 13.2 Å². The molecule has 0 aliphatic carbocycles. The predicted molar refractivity (Wildman–Crippen MR) is 90.0 cm³/mol. The summed E-state index contributed by atoms with van der Waals surface area (Å²) in [4.78, 5) is 9.61. The second kappa shape index (κ2) is 6.39. The molecule has 0 aromatic carbocycles. The lowest BCUT2D eigenvalue weighted by molar-refractivity contribution is -0.139. The van der Waals surface area contributed by atoms with Crippen LogP contribution in [-0.2, 0) is 10.9 Å². The number of hydrogen-bond acceptors (Lipinski definition) is 4. The maximum atomic E-state index is 13.1. The topological polar surface area (TPSA) is 38.2 Å². The highest BCUT2D eigenvalue weighted by atomic mass is 127. The van der Waals surface area contributed by atoms with Crippen LogP contribution in [0.1, 0.15) is 12.6 Å². The van der Waals surface area contributed by atoms with Crippen LogP contribution in [0.4, 0.5) is 18.9 Å². The third-order valence-electron chi connectivity index (χ3n) is 3.73. The first-order valence-corrected chi connectivity index (χ1v) is 8.70. The molecule has 2 aromatic rings. The van der Waals surface area contributed by atoms with E-state index in [4.69, 9.17) is 4.74 Å². The minimum absolute atomic E-state index is 0.0116. The summed E-state index contributed by atoms with van der Waals surface area (Å²) in [6.07, 6.45) is -1.80. The first-order valence-electron chi connectivity index (χ1n) is 7.17. The van der Waals surface area contributed by atoms with Gasteiger partial charge in [0.15, 0.2) is 5.69 Å². The average molecular weight is 437 g/mol. The van der Waals surface area contributed by atoms with Crippen LogP contribution < -0.4 is 4.90 Å². The fourth-order valence-corrected chi connectivity index (χ4v) is 3.33. The summed E-state index contributed by atoms with van der Waals surface area (Å²) in [5.74, 6) is 0. The second-order valence-corrected chi connectivity index (χ2v) is 6.40. The minimum atomic E-state index is -4.52. The van der Waals surface area contributed by atoms with Crippen molar-refractivity contribution in [3.63, 3.8) is 0 Å². The van der Waals surface area contributed by atoms with E-state index in [-0.39, 0.29) is 17.7 Å². The lowest BCUT2D eigenvalue weighted by Crippen LogP contribution is -2.47. The molecule has 1 fully saturated rings. The van der Waals surface area contributed by atoms with Crippen molar-refractivity contribution in [2.24, 2.45) is 0 Å². The van der Waals surface area contributed by atoms with Gasteiger partial charge in [0.25, 0.3) is 0 Å². The smallest absolute Gasteiger partial charge is 0.371 e. The van der Waals surface area contributed by atoms with Gasteiger partial charge in [0, 0.05) is 29.1 Å². The van der Waals surface area contributed by atoms with E-state index < -0.39 is 11.9 Å². The van der Waals surface area contributed by atoms with Gasteiger partial charge in [-0.15, -0.1) is 0 Å². The van der Waals surface area contributed by atoms with Crippen LogP contribution in [0, 0.1) is 0 Å². The van der Waals surface area contributed by atoms with E-state index >= 15 is 0 Å². The van der Waals surface area contributed by atoms with E-state index in [1.165, 1.54) is 12.4 Å². The van der Waals surface area contributed by atoms with Gasteiger partial charge in [0.1, 0.15) is 5.52 Å². The monoisotopic (exact) mass is 437 g/mol. The normalized spacial score (nSPS) is 22.6. The molecule has 23 heavy (non-hydrogen) atoms. The number of morpholine rings is 1. The summed E-state index contributed by atoms with van der Waals surface area (Å²) in [5, 5.41) is 0.469. The van der Waals surface area contributed by atoms with Crippen molar-refractivity contribution >= 4 is 39.2 Å². The van der Waals surface area contributed by atoms with E-state index in [1.807, 2.05) is 11.8 Å². The molecule has 1 aliphatic rings. The number of anilines is 1. The first kappa shape index (κ1) is 16.7. The number of alkyl halides is 4. The van der Waals surface area contributed by atoms with Crippen molar-refractivity contribution in [3.05, 3.63) is 30.2 Å². The summed E-state index contributed by atoms with van der Waals surface area (Å²) in [7, 11) is 0. The van der Waals surface area contributed by atoms with Gasteiger partial charge in [-0.05, 0) is 19.1 Å². The summed E-state index contributed by atoms with van der Waals surface area (Å²) in [5.41, 5.74) is -0.377. The van der Waals surface area contributed by atoms with E-state index in [2.05, 4.69) is 32.6 Å². The van der Waals surface area contributed by atoms with E-state index in [0.29, 0.717) is 24.2 Å². The number of pyridine rings is 2. The highest BCUT2D eigenvalue weighted by Gasteiger charge is 2.36. The Kier molecular flexibility index (Phi) is 4.63. The van der Waals surface area contributed by atoms with E-state index in [1.54, 1.807) is 12.1 Å². The van der Waals surface area contributed by atoms with E-state index in [0.717, 1.165) is 4.43 Å². The highest BCUT2D eigenvalue weighted by molar-refractivity contribution is 14.1. The SMILES string of the molecule is CC1CN(c2cnc(C(F)(F)F)c3ncccc23)C[C@H](CI)O1. The van der Waals surface area contributed by atoms with Gasteiger partial charge < -0.3 is 9.64 Å². The van der Waals surface area contributed by atoms with Crippen molar-refractivity contribution < 1.29 is 17.9 Å². The summed E-state index contributed by atoms with van der Waals surface area (Å²) in [6, 6.07) is 3.31. The van der Waals surface area contributed by atoms with Gasteiger partial charge in [0.2, 0.25) is 0 Å². The first-order chi connectivity index (χ1) is 10.9. The number of hydrogen-bond donors (Lipinski definition) is 0. The lowest BCUT2D eigenvalue weighted by Gasteiger charge is -2.38. The number of nitrogens with zero attached hydrogens (tertiary/aromatic N) is 3. The van der Waals surface area contributed by atoms with Crippen molar-refractivity contribution in [2.45, 2.75) is 25.3 Å². The largest absolute Gasteiger partial charge is 0.435 e. The molecule has 0 amide bonds. The Hall–Kier alpha value is -1.16. The number of fused-ring (bicyclic) bond motifs is 1. The van der Waals surface area contributed by atoms with Gasteiger partial charge in [-0.25, -0.2) is 4.98 Å². The van der Waals surface area contributed by atoms with Crippen LogP contribution in [0.2, 0.25) is 0 Å². The van der Waals surface area contributed by atoms with Gasteiger partial charge in [-0.2, -0.15) is 13.2 Å². The molecule has 3 heterocycles. The van der Waals surface area contributed by atoms with Crippen LogP contribution in [0.15, 0.2) is 24.5 Å². The van der Waals surface area contributed by atoms with Gasteiger partial charge in [-0.1, -0.05) is 22.6 Å². The molecule has 2 aromatic heterocycles. The van der Waals surface area contributed by atoms with Crippen molar-refractivity contribution in [1.29, 1.82) is 0 Å². The molecule has 0 spiro atoms. The quantitative estimate of drug-likeness (QED) is 0.531. The fourth-order valence-electron chi connectivity index (χ4n) is 2.84. The Labute approximate surface area is 145 Å². The zero-order chi connectivity index (χ0) is 16.6. The predicted octanol–water partition coefficient (Wildman–Crippen LogP) is 3.68. The molecule has 3 rings (SSSR count). The molecule has 1 unspecified atom stereocenters. The Balaban J connectivity index is 2.09. The molecule has 4 nitrogen and oxygen atoms in total. The zero-order valence-corrected chi connectivity index (χ0v) is 14.5. The molecule has 0 radical (unpaired) electrons. The third-order valence-corrected chi connectivity index (χ3v) is 4.71. The molecule has 8 heteroatoms. The highest BCUT2D eigenvalue weighted by Crippen LogP contribution is 2.36. The van der Waals surface area contributed by atoms with Gasteiger partial charge in [0.05, 0.1) is 24.1 Å². The summed E-state index contributed by atoms with van der Waals surface area (Å²) >= 11 is 2.25. The molecular weight excluding hydrogens is 422 g/mol. The molecule has 2 atom stereocenters. The van der Waals surface area contributed by atoms with Gasteiger partial charge in [-0.3, -0.25) is 4.98 Å². The maximum Gasteiger partial charge on any atom is 0.435 e. The lowest BCUT2D eigenvalue weighted by atomic mass is 10.1. The fraction of sp³-hybridized carbons (Fsp3) is 0.467. The molecule has 1 aliphatic heterocycles. The van der Waals surface area contributed by atoms with Crippen molar-refractivity contribution in [1.82, 2.24) is 9.97 Å². The number of rotatable bonds is 2. The average Bonchev–Trinajstić information content (AvgIpc) is 2.52. The van der Waals surface area contributed by atoms with Gasteiger partial charge >= 0.3 is 6.18 Å². The van der Waals surface area contributed by atoms with Crippen LogP contribution in [0.25, 0.3) is 10.9 Å². The number of aromatic nitrogens is 2.